The minimum Gasteiger partial charge on any atom is -0.465 e. The van der Waals surface area contributed by atoms with E-state index in [0.29, 0.717) is 19.1 Å². The van der Waals surface area contributed by atoms with Crippen LogP contribution in [-0.2, 0) is 9.53 Å². The molecule has 0 aliphatic carbocycles. The number of carbonyl (C=O) groups is 1. The van der Waals surface area contributed by atoms with Crippen molar-refractivity contribution in [3.05, 3.63) is 0 Å². The van der Waals surface area contributed by atoms with E-state index in [1.807, 2.05) is 6.92 Å². The first-order valence-corrected chi connectivity index (χ1v) is 7.57. The molecule has 4 nitrogen and oxygen atoms in total. The zero-order valence-corrected chi connectivity index (χ0v) is 12.9. The minimum absolute atomic E-state index is 0.279. The van der Waals surface area contributed by atoms with E-state index < -0.39 is 5.54 Å². The number of rotatable bonds is 7. The van der Waals surface area contributed by atoms with Gasteiger partial charge in [0.05, 0.1) is 6.61 Å². The van der Waals surface area contributed by atoms with Gasteiger partial charge < -0.3 is 15.4 Å². The lowest BCUT2D eigenvalue weighted by Crippen LogP contribution is -2.46. The van der Waals surface area contributed by atoms with Gasteiger partial charge in [-0.05, 0) is 58.9 Å². The van der Waals surface area contributed by atoms with Crippen LogP contribution in [0.5, 0.6) is 0 Å². The molecule has 4 heteroatoms. The number of nitrogens with zero attached hydrogens (tertiary/aromatic N) is 1. The van der Waals surface area contributed by atoms with Crippen LogP contribution in [-0.4, -0.2) is 42.1 Å². The van der Waals surface area contributed by atoms with Crippen molar-refractivity contribution in [1.82, 2.24) is 4.90 Å². The quantitative estimate of drug-likeness (QED) is 0.569. The molecule has 1 heterocycles. The van der Waals surface area contributed by atoms with Gasteiger partial charge in [-0.2, -0.15) is 0 Å². The summed E-state index contributed by atoms with van der Waals surface area (Å²) >= 11 is 0. The minimum atomic E-state index is -0.833. The zero-order chi connectivity index (χ0) is 14.5. The fraction of sp³-hybridized carbons (Fsp3) is 0.933. The molecule has 112 valence electrons. The number of hydrogen-bond acceptors (Lipinski definition) is 4. The van der Waals surface area contributed by atoms with Crippen molar-refractivity contribution in [3.63, 3.8) is 0 Å². The monoisotopic (exact) mass is 270 g/mol. The third kappa shape index (κ3) is 5.11. The van der Waals surface area contributed by atoms with E-state index in [2.05, 4.69) is 18.7 Å². The lowest BCUT2D eigenvalue weighted by Gasteiger charge is -2.24. The van der Waals surface area contributed by atoms with E-state index in [4.69, 9.17) is 10.5 Å². The van der Waals surface area contributed by atoms with Gasteiger partial charge in [0.25, 0.3) is 0 Å². The van der Waals surface area contributed by atoms with Crippen LogP contribution in [0.1, 0.15) is 53.4 Å². The molecule has 0 amide bonds. The number of nitrogens with two attached hydrogens (primary N) is 1. The normalized spacial score (nSPS) is 27.2. The lowest BCUT2D eigenvalue weighted by molar-refractivity contribution is -0.149. The molecule has 0 aromatic carbocycles. The Kier molecular flexibility index (Phi) is 6.27. The van der Waals surface area contributed by atoms with Crippen LogP contribution in [0.2, 0.25) is 0 Å². The van der Waals surface area contributed by atoms with Crippen molar-refractivity contribution >= 4 is 5.97 Å². The molecule has 0 aromatic heterocycles. The molecule has 1 aliphatic rings. The van der Waals surface area contributed by atoms with Gasteiger partial charge in [0.2, 0.25) is 0 Å². The predicted molar refractivity (Wildman–Crippen MR) is 77.9 cm³/mol. The average molecular weight is 270 g/mol. The molecule has 0 aromatic rings. The fourth-order valence-corrected chi connectivity index (χ4v) is 2.90. The molecule has 19 heavy (non-hydrogen) atoms. The SMILES string of the molecule is CCOC(=O)C(C)(N)CCCCN1CC(C)CC1C. The van der Waals surface area contributed by atoms with Crippen LogP contribution >= 0.6 is 0 Å². The van der Waals surface area contributed by atoms with Gasteiger partial charge in [-0.3, -0.25) is 4.79 Å². The van der Waals surface area contributed by atoms with Gasteiger partial charge >= 0.3 is 5.97 Å². The first-order valence-electron chi connectivity index (χ1n) is 7.57. The molecular weight excluding hydrogens is 240 g/mol. The summed E-state index contributed by atoms with van der Waals surface area (Å²) in [7, 11) is 0. The number of likely N-dealkylation sites (tertiary alicyclic amines) is 1. The highest BCUT2D eigenvalue weighted by Gasteiger charge is 2.30. The molecule has 0 radical (unpaired) electrons. The molecule has 2 N–H and O–H groups in total. The second-order valence-electron chi connectivity index (χ2n) is 6.28. The average Bonchev–Trinajstić information content (AvgIpc) is 2.64. The summed E-state index contributed by atoms with van der Waals surface area (Å²) in [6.07, 6.45) is 4.08. The Hall–Kier alpha value is -0.610. The molecule has 1 aliphatic heterocycles. The summed E-state index contributed by atoms with van der Waals surface area (Å²) in [6, 6.07) is 0.698. The van der Waals surface area contributed by atoms with E-state index in [1.54, 1.807) is 6.92 Å². The maximum atomic E-state index is 11.7. The fourth-order valence-electron chi connectivity index (χ4n) is 2.90. The van der Waals surface area contributed by atoms with Crippen LogP contribution in [0.4, 0.5) is 0 Å². The number of carbonyl (C=O) groups excluding carboxylic acids is 1. The highest BCUT2D eigenvalue weighted by molar-refractivity contribution is 5.79. The third-order valence-electron chi connectivity index (χ3n) is 4.05. The first-order chi connectivity index (χ1) is 8.86. The van der Waals surface area contributed by atoms with Gasteiger partial charge in [-0.25, -0.2) is 0 Å². The van der Waals surface area contributed by atoms with Crippen LogP contribution in [0, 0.1) is 5.92 Å². The predicted octanol–water partition coefficient (Wildman–Crippen LogP) is 2.17. The van der Waals surface area contributed by atoms with Gasteiger partial charge in [-0.15, -0.1) is 0 Å². The summed E-state index contributed by atoms with van der Waals surface area (Å²) in [4.78, 5) is 14.2. The molecular formula is C15H30N2O2. The summed E-state index contributed by atoms with van der Waals surface area (Å²) in [5.74, 6) is 0.535. The van der Waals surface area contributed by atoms with E-state index in [-0.39, 0.29) is 5.97 Å². The standard InChI is InChI=1S/C15H30N2O2/c1-5-19-14(18)15(4,16)8-6-7-9-17-11-12(2)10-13(17)3/h12-13H,5-11,16H2,1-4H3. The molecule has 0 bridgehead atoms. The van der Waals surface area contributed by atoms with Crippen molar-refractivity contribution in [2.45, 2.75) is 65.0 Å². The Morgan fingerprint density at radius 3 is 2.63 bits per heavy atom. The smallest absolute Gasteiger partial charge is 0.325 e. The van der Waals surface area contributed by atoms with E-state index in [9.17, 15) is 4.79 Å². The number of ether oxygens (including phenoxy) is 1. The van der Waals surface area contributed by atoms with E-state index in [0.717, 1.165) is 25.3 Å². The summed E-state index contributed by atoms with van der Waals surface area (Å²) in [5, 5.41) is 0. The number of hydrogen-bond donors (Lipinski definition) is 1. The Labute approximate surface area is 117 Å². The molecule has 3 unspecified atom stereocenters. The van der Waals surface area contributed by atoms with Gasteiger partial charge in [0.1, 0.15) is 5.54 Å². The van der Waals surface area contributed by atoms with Gasteiger partial charge in [-0.1, -0.05) is 6.92 Å². The van der Waals surface area contributed by atoms with Crippen LogP contribution < -0.4 is 5.73 Å². The molecule has 0 spiro atoms. The Morgan fingerprint density at radius 2 is 2.11 bits per heavy atom. The first kappa shape index (κ1) is 16.4. The van der Waals surface area contributed by atoms with Crippen molar-refractivity contribution in [3.8, 4) is 0 Å². The second-order valence-corrected chi connectivity index (χ2v) is 6.28. The van der Waals surface area contributed by atoms with Crippen LogP contribution in [0.25, 0.3) is 0 Å². The Bertz CT molecular complexity index is 292. The topological polar surface area (TPSA) is 55.6 Å². The largest absolute Gasteiger partial charge is 0.465 e. The van der Waals surface area contributed by atoms with Crippen molar-refractivity contribution in [2.75, 3.05) is 19.7 Å². The zero-order valence-electron chi connectivity index (χ0n) is 12.9. The molecule has 1 fully saturated rings. The summed E-state index contributed by atoms with van der Waals surface area (Å²) < 4.78 is 4.99. The number of esters is 1. The third-order valence-corrected chi connectivity index (χ3v) is 4.05. The maximum Gasteiger partial charge on any atom is 0.325 e. The van der Waals surface area contributed by atoms with Crippen LogP contribution in [0.3, 0.4) is 0 Å². The molecule has 1 saturated heterocycles. The van der Waals surface area contributed by atoms with Crippen LogP contribution in [0.15, 0.2) is 0 Å². The maximum absolute atomic E-state index is 11.7. The molecule has 3 atom stereocenters. The lowest BCUT2D eigenvalue weighted by atomic mass is 9.96. The Balaban J connectivity index is 2.21. The Morgan fingerprint density at radius 1 is 1.42 bits per heavy atom. The van der Waals surface area contributed by atoms with Crippen molar-refractivity contribution in [2.24, 2.45) is 11.7 Å². The van der Waals surface area contributed by atoms with E-state index in [1.165, 1.54) is 13.0 Å². The number of unbranched alkanes of at least 4 members (excludes halogenated alkanes) is 1. The van der Waals surface area contributed by atoms with E-state index >= 15 is 0 Å². The second kappa shape index (κ2) is 7.25. The van der Waals surface area contributed by atoms with Gasteiger partial charge in [0, 0.05) is 12.6 Å². The van der Waals surface area contributed by atoms with Gasteiger partial charge in [0.15, 0.2) is 0 Å². The highest BCUT2D eigenvalue weighted by Crippen LogP contribution is 2.23. The summed E-state index contributed by atoms with van der Waals surface area (Å²) in [5.41, 5.74) is 5.17. The van der Waals surface area contributed by atoms with Crippen molar-refractivity contribution < 1.29 is 9.53 Å². The molecule has 0 saturated carbocycles. The van der Waals surface area contributed by atoms with Crippen molar-refractivity contribution in [1.29, 1.82) is 0 Å². The molecule has 1 rings (SSSR count). The highest BCUT2D eigenvalue weighted by atomic mass is 16.5. The summed E-state index contributed by atoms with van der Waals surface area (Å²) in [6.45, 7) is 10.9.